The zero-order valence-corrected chi connectivity index (χ0v) is 12.4. The van der Waals surface area contributed by atoms with Crippen LogP contribution in [-0.2, 0) is 6.42 Å². The molecular weight excluding hydrogens is 275 g/mol. The van der Waals surface area contributed by atoms with E-state index in [9.17, 15) is 9.50 Å². The van der Waals surface area contributed by atoms with Gasteiger partial charge in [0.25, 0.3) is 0 Å². The summed E-state index contributed by atoms with van der Waals surface area (Å²) in [6, 6.07) is 11.8. The molecule has 2 rings (SSSR count). The number of rotatable bonds is 4. The van der Waals surface area contributed by atoms with Crippen LogP contribution in [0.4, 0.5) is 4.39 Å². The summed E-state index contributed by atoms with van der Waals surface area (Å²) in [5.74, 6) is 0.129. The molecule has 2 aromatic carbocycles. The second-order valence-electron chi connectivity index (χ2n) is 5.41. The predicted octanol–water partition coefficient (Wildman–Crippen LogP) is 4.76. The molecule has 106 valence electrons. The van der Waals surface area contributed by atoms with Crippen molar-refractivity contribution in [1.82, 2.24) is 0 Å². The van der Waals surface area contributed by atoms with Gasteiger partial charge < -0.3 is 5.11 Å². The molecule has 3 heteroatoms. The third-order valence-corrected chi connectivity index (χ3v) is 3.43. The summed E-state index contributed by atoms with van der Waals surface area (Å²) in [5.41, 5.74) is 2.08. The Bertz CT molecular complexity index is 578. The lowest BCUT2D eigenvalue weighted by molar-refractivity contribution is 0.215. The minimum atomic E-state index is -0.998. The van der Waals surface area contributed by atoms with Crippen molar-refractivity contribution in [2.75, 3.05) is 0 Å². The smallest absolute Gasteiger partial charge is 0.129 e. The fourth-order valence-corrected chi connectivity index (χ4v) is 2.39. The van der Waals surface area contributed by atoms with Crippen molar-refractivity contribution >= 4 is 11.6 Å². The van der Waals surface area contributed by atoms with Gasteiger partial charge in [0, 0.05) is 10.6 Å². The van der Waals surface area contributed by atoms with Crippen LogP contribution in [0, 0.1) is 11.7 Å². The second kappa shape index (κ2) is 6.38. The van der Waals surface area contributed by atoms with E-state index in [1.807, 2.05) is 24.3 Å². The van der Waals surface area contributed by atoms with Gasteiger partial charge in [-0.2, -0.15) is 0 Å². The fourth-order valence-electron chi connectivity index (χ4n) is 2.21. The summed E-state index contributed by atoms with van der Waals surface area (Å²) >= 11 is 5.85. The molecule has 0 bridgehead atoms. The van der Waals surface area contributed by atoms with E-state index < -0.39 is 11.9 Å². The Morgan fingerprint density at radius 1 is 1.10 bits per heavy atom. The van der Waals surface area contributed by atoms with Crippen LogP contribution < -0.4 is 0 Å². The highest BCUT2D eigenvalue weighted by molar-refractivity contribution is 6.30. The number of aliphatic hydroxyl groups is 1. The van der Waals surface area contributed by atoms with E-state index in [-0.39, 0.29) is 5.56 Å². The largest absolute Gasteiger partial charge is 0.384 e. The van der Waals surface area contributed by atoms with Gasteiger partial charge in [-0.3, -0.25) is 0 Å². The lowest BCUT2D eigenvalue weighted by Crippen LogP contribution is -2.03. The summed E-state index contributed by atoms with van der Waals surface area (Å²) < 4.78 is 13.7. The summed E-state index contributed by atoms with van der Waals surface area (Å²) in [7, 11) is 0. The molecule has 20 heavy (non-hydrogen) atoms. The van der Waals surface area contributed by atoms with Crippen LogP contribution in [0.25, 0.3) is 0 Å². The predicted molar refractivity (Wildman–Crippen MR) is 80.5 cm³/mol. The van der Waals surface area contributed by atoms with Crippen molar-refractivity contribution in [3.63, 3.8) is 0 Å². The molecule has 0 spiro atoms. The van der Waals surface area contributed by atoms with E-state index in [4.69, 9.17) is 11.6 Å². The van der Waals surface area contributed by atoms with Crippen LogP contribution in [0.5, 0.6) is 0 Å². The number of halogens is 2. The number of hydrogen-bond donors (Lipinski definition) is 1. The van der Waals surface area contributed by atoms with E-state index >= 15 is 0 Å². The Kier molecular flexibility index (Phi) is 4.79. The van der Waals surface area contributed by atoms with Crippen molar-refractivity contribution in [3.05, 3.63) is 70.0 Å². The first-order valence-corrected chi connectivity index (χ1v) is 7.07. The first-order valence-electron chi connectivity index (χ1n) is 6.69. The molecule has 0 aliphatic rings. The first-order chi connectivity index (χ1) is 9.47. The molecule has 0 aliphatic heterocycles. The first kappa shape index (κ1) is 15.0. The van der Waals surface area contributed by atoms with Gasteiger partial charge in [-0.15, -0.1) is 0 Å². The van der Waals surface area contributed by atoms with Crippen molar-refractivity contribution in [3.8, 4) is 0 Å². The molecule has 0 amide bonds. The Balaban J connectivity index is 2.24. The van der Waals surface area contributed by atoms with E-state index in [1.54, 1.807) is 0 Å². The van der Waals surface area contributed by atoms with Crippen molar-refractivity contribution in [2.24, 2.45) is 5.92 Å². The Labute approximate surface area is 124 Å². The molecule has 1 unspecified atom stereocenters. The Morgan fingerprint density at radius 3 is 2.35 bits per heavy atom. The molecule has 0 fully saturated rings. The summed E-state index contributed by atoms with van der Waals surface area (Å²) in [5, 5.41) is 10.7. The SMILES string of the molecule is CC(C)Cc1ccc(C(O)c2cc(Cl)ccc2F)cc1. The van der Waals surface area contributed by atoms with Crippen molar-refractivity contribution < 1.29 is 9.50 Å². The molecular formula is C17H18ClFO. The van der Waals surface area contributed by atoms with E-state index in [0.29, 0.717) is 16.5 Å². The second-order valence-corrected chi connectivity index (χ2v) is 5.84. The summed E-state index contributed by atoms with van der Waals surface area (Å²) in [4.78, 5) is 0. The maximum Gasteiger partial charge on any atom is 0.129 e. The van der Waals surface area contributed by atoms with Gasteiger partial charge >= 0.3 is 0 Å². The average molecular weight is 293 g/mol. The zero-order chi connectivity index (χ0) is 14.7. The normalized spacial score (nSPS) is 12.7. The molecule has 1 nitrogen and oxygen atoms in total. The van der Waals surface area contributed by atoms with Gasteiger partial charge in [0.15, 0.2) is 0 Å². The standard InChI is InChI=1S/C17H18ClFO/c1-11(2)9-12-3-5-13(6-4-12)17(20)15-10-14(18)7-8-16(15)19/h3-8,10-11,17,20H,9H2,1-2H3. The fraction of sp³-hybridized carbons (Fsp3) is 0.294. The zero-order valence-electron chi connectivity index (χ0n) is 11.6. The maximum atomic E-state index is 13.7. The van der Waals surface area contributed by atoms with Crippen LogP contribution in [0.15, 0.2) is 42.5 Å². The molecule has 1 atom stereocenters. The van der Waals surface area contributed by atoms with Crippen LogP contribution in [-0.4, -0.2) is 5.11 Å². The lowest BCUT2D eigenvalue weighted by atomic mass is 9.97. The third-order valence-electron chi connectivity index (χ3n) is 3.19. The van der Waals surface area contributed by atoms with Gasteiger partial charge in [-0.25, -0.2) is 4.39 Å². The number of hydrogen-bond acceptors (Lipinski definition) is 1. The van der Waals surface area contributed by atoms with Gasteiger partial charge in [-0.05, 0) is 41.7 Å². The van der Waals surface area contributed by atoms with E-state index in [0.717, 1.165) is 6.42 Å². The lowest BCUT2D eigenvalue weighted by Gasteiger charge is -2.14. The molecule has 0 saturated carbocycles. The van der Waals surface area contributed by atoms with Gasteiger partial charge in [0.1, 0.15) is 11.9 Å². The quantitative estimate of drug-likeness (QED) is 0.861. The van der Waals surface area contributed by atoms with Crippen molar-refractivity contribution in [2.45, 2.75) is 26.4 Å². The van der Waals surface area contributed by atoms with E-state index in [2.05, 4.69) is 13.8 Å². The Morgan fingerprint density at radius 2 is 1.75 bits per heavy atom. The topological polar surface area (TPSA) is 20.2 Å². The molecule has 0 heterocycles. The van der Waals surface area contributed by atoms with Crippen molar-refractivity contribution in [1.29, 1.82) is 0 Å². The van der Waals surface area contributed by atoms with Crippen LogP contribution in [0.3, 0.4) is 0 Å². The van der Waals surface area contributed by atoms with Gasteiger partial charge in [0.05, 0.1) is 0 Å². The van der Waals surface area contributed by atoms with E-state index in [1.165, 1.54) is 23.8 Å². The monoisotopic (exact) mass is 292 g/mol. The molecule has 0 aromatic heterocycles. The molecule has 1 N–H and O–H groups in total. The number of aliphatic hydroxyl groups excluding tert-OH is 1. The van der Waals surface area contributed by atoms with Crippen LogP contribution in [0.1, 0.15) is 36.6 Å². The molecule has 0 saturated heterocycles. The van der Waals surface area contributed by atoms with Crippen LogP contribution >= 0.6 is 11.6 Å². The van der Waals surface area contributed by atoms with Crippen LogP contribution in [0.2, 0.25) is 5.02 Å². The molecule has 0 aliphatic carbocycles. The molecule has 0 radical (unpaired) electrons. The third kappa shape index (κ3) is 3.59. The highest BCUT2D eigenvalue weighted by Crippen LogP contribution is 2.27. The van der Waals surface area contributed by atoms with Gasteiger partial charge in [-0.1, -0.05) is 49.7 Å². The van der Waals surface area contributed by atoms with Gasteiger partial charge in [0.2, 0.25) is 0 Å². The summed E-state index contributed by atoms with van der Waals surface area (Å²) in [6.07, 6.45) is -0.0103. The minimum Gasteiger partial charge on any atom is -0.384 e. The highest BCUT2D eigenvalue weighted by atomic mass is 35.5. The molecule has 2 aromatic rings. The minimum absolute atomic E-state index is 0.203. The maximum absolute atomic E-state index is 13.7. The average Bonchev–Trinajstić information content (AvgIpc) is 2.41. The number of benzene rings is 2. The Hall–Kier alpha value is -1.38. The summed E-state index contributed by atoms with van der Waals surface area (Å²) in [6.45, 7) is 4.31. The highest BCUT2D eigenvalue weighted by Gasteiger charge is 2.15.